The van der Waals surface area contributed by atoms with Crippen molar-refractivity contribution >= 4 is 29.7 Å². The average Bonchev–Trinajstić information content (AvgIpc) is 3.05. The van der Waals surface area contributed by atoms with Gasteiger partial charge in [-0.3, -0.25) is 9.69 Å². The van der Waals surface area contributed by atoms with Gasteiger partial charge < -0.3 is 19.2 Å². The van der Waals surface area contributed by atoms with Crippen LogP contribution in [0, 0.1) is 0 Å². The monoisotopic (exact) mass is 327 g/mol. The van der Waals surface area contributed by atoms with Crippen molar-refractivity contribution in [3.05, 3.63) is 34.4 Å². The molecule has 0 radical (unpaired) electrons. The fraction of sp³-hybridized carbons (Fsp3) is 0.308. The molecule has 0 N–H and O–H groups in total. The van der Waals surface area contributed by atoms with E-state index in [2.05, 4.69) is 4.98 Å². The van der Waals surface area contributed by atoms with E-state index in [4.69, 9.17) is 4.74 Å². The second-order valence-electron chi connectivity index (χ2n) is 4.88. The largest absolute Gasteiger partial charge is 1.00 e. The molecule has 0 saturated carbocycles. The number of fused-ring (bicyclic) bond motifs is 2. The number of β-lactam (4-membered cyclic amide) rings is 1. The van der Waals surface area contributed by atoms with E-state index in [9.17, 15) is 14.7 Å². The van der Waals surface area contributed by atoms with Gasteiger partial charge in [0.15, 0.2) is 0 Å². The molecular formula is C13H10N3NaO4S. The van der Waals surface area contributed by atoms with Crippen molar-refractivity contribution in [2.75, 3.05) is 6.61 Å². The molecule has 0 spiro atoms. The Morgan fingerprint density at radius 3 is 3.09 bits per heavy atom. The van der Waals surface area contributed by atoms with Crippen LogP contribution in [0.5, 0.6) is 0 Å². The predicted molar refractivity (Wildman–Crippen MR) is 71.2 cm³/mol. The molecule has 1 aromatic rings. The Labute approximate surface area is 152 Å². The summed E-state index contributed by atoms with van der Waals surface area (Å²) < 4.78 is 7.33. The molecule has 0 aliphatic carbocycles. The predicted octanol–water partition coefficient (Wildman–Crippen LogP) is -3.69. The number of imidazole rings is 1. The van der Waals surface area contributed by atoms with Crippen molar-refractivity contribution in [3.63, 3.8) is 0 Å². The van der Waals surface area contributed by atoms with E-state index in [1.54, 1.807) is 6.08 Å². The number of rotatable bonds is 2. The van der Waals surface area contributed by atoms with Crippen LogP contribution in [0.1, 0.15) is 11.5 Å². The zero-order valence-electron chi connectivity index (χ0n) is 11.8. The third kappa shape index (κ3) is 2.35. The summed E-state index contributed by atoms with van der Waals surface area (Å²) in [5.74, 6) is -0.793. The second-order valence-corrected chi connectivity index (χ2v) is 5.84. The van der Waals surface area contributed by atoms with E-state index in [1.165, 1.54) is 22.1 Å². The number of carboxylic acid groups (broad SMARTS) is 1. The Morgan fingerprint density at radius 2 is 2.36 bits per heavy atom. The van der Waals surface area contributed by atoms with Gasteiger partial charge in [0.2, 0.25) is 0 Å². The molecule has 1 atom stereocenters. The molecule has 0 bridgehead atoms. The number of aromatic nitrogens is 2. The molecule has 1 fully saturated rings. The van der Waals surface area contributed by atoms with Crippen LogP contribution >= 0.6 is 11.8 Å². The zero-order chi connectivity index (χ0) is 14.6. The summed E-state index contributed by atoms with van der Waals surface area (Å²) >= 11 is 1.29. The first-order valence-corrected chi connectivity index (χ1v) is 7.35. The first-order valence-electron chi connectivity index (χ1n) is 6.41. The van der Waals surface area contributed by atoms with Crippen LogP contribution in [0.15, 0.2) is 22.9 Å². The van der Waals surface area contributed by atoms with Crippen molar-refractivity contribution in [2.45, 2.75) is 18.5 Å². The smallest absolute Gasteiger partial charge is 0.543 e. The maximum absolute atomic E-state index is 12.1. The normalized spacial score (nSPS) is 24.3. The fourth-order valence-electron chi connectivity index (χ4n) is 2.60. The van der Waals surface area contributed by atoms with Gasteiger partial charge in [0, 0.05) is 12.7 Å². The van der Waals surface area contributed by atoms with Crippen molar-refractivity contribution < 1.29 is 49.0 Å². The summed E-state index contributed by atoms with van der Waals surface area (Å²) in [7, 11) is 0. The number of carbonyl (C=O) groups excluding carboxylic acids is 2. The van der Waals surface area contributed by atoms with Gasteiger partial charge in [-0.15, -0.1) is 11.8 Å². The van der Waals surface area contributed by atoms with Crippen molar-refractivity contribution in [2.24, 2.45) is 0 Å². The van der Waals surface area contributed by atoms with E-state index < -0.39 is 5.97 Å². The summed E-state index contributed by atoms with van der Waals surface area (Å²) in [5, 5.41) is 12.1. The molecule has 9 heteroatoms. The topological polar surface area (TPSA) is 87.5 Å². The van der Waals surface area contributed by atoms with Gasteiger partial charge in [-0.1, -0.05) is 0 Å². The standard InChI is InChI=1S/C13H11N3O4S.Na/c17-11-8(12-16(11)9(6-21-12)13(18)19)3-7-4-15-1-2-20-5-10(15)14-7;/h3-4,6,12H,1-2,5H2,(H,18,19);/q;+1/p-1/b8-3-;. The number of hydrogen-bond acceptors (Lipinski definition) is 6. The number of aliphatic carboxylic acids is 1. The number of ether oxygens (including phenoxy) is 1. The van der Waals surface area contributed by atoms with Crippen LogP contribution in [0.2, 0.25) is 0 Å². The van der Waals surface area contributed by atoms with Crippen molar-refractivity contribution in [1.29, 1.82) is 0 Å². The average molecular weight is 327 g/mol. The zero-order valence-corrected chi connectivity index (χ0v) is 14.6. The van der Waals surface area contributed by atoms with E-state index in [1.807, 2.05) is 10.8 Å². The summed E-state index contributed by atoms with van der Waals surface area (Å²) in [5.41, 5.74) is 1.19. The van der Waals surface area contributed by atoms with Gasteiger partial charge in [0.25, 0.3) is 5.91 Å². The fourth-order valence-corrected chi connectivity index (χ4v) is 3.71. The Kier molecular flexibility index (Phi) is 4.21. The van der Waals surface area contributed by atoms with Crippen LogP contribution in [-0.2, 0) is 27.5 Å². The van der Waals surface area contributed by atoms with Crippen LogP contribution in [0.4, 0.5) is 0 Å². The first-order chi connectivity index (χ1) is 10.1. The van der Waals surface area contributed by atoms with Crippen molar-refractivity contribution in [1.82, 2.24) is 14.5 Å². The third-order valence-corrected chi connectivity index (χ3v) is 4.71. The molecular weight excluding hydrogens is 317 g/mol. The number of nitrogens with zero attached hydrogens (tertiary/aromatic N) is 3. The van der Waals surface area contributed by atoms with Crippen LogP contribution in [0.25, 0.3) is 6.08 Å². The molecule has 0 aromatic carbocycles. The molecule has 22 heavy (non-hydrogen) atoms. The Morgan fingerprint density at radius 1 is 1.55 bits per heavy atom. The third-order valence-electron chi connectivity index (χ3n) is 3.63. The maximum atomic E-state index is 12.1. The summed E-state index contributed by atoms with van der Waals surface area (Å²) in [4.78, 5) is 28.6. The molecule has 4 rings (SSSR count). The van der Waals surface area contributed by atoms with E-state index >= 15 is 0 Å². The van der Waals surface area contributed by atoms with E-state index in [-0.39, 0.29) is 46.5 Å². The molecule has 108 valence electrons. The number of hydrogen-bond donors (Lipinski definition) is 0. The van der Waals surface area contributed by atoms with Gasteiger partial charge in [-0.05, 0) is 11.5 Å². The number of carbonyl (C=O) groups is 2. The molecule has 1 aromatic heterocycles. The SMILES string of the molecule is O=C([O-])C1=CSC2/C(=C\c3cn4c(n3)COCC4)C(=O)N12.[Na+]. The Hall–Kier alpha value is -1.06. The van der Waals surface area contributed by atoms with Crippen LogP contribution in [-0.4, -0.2) is 38.3 Å². The molecule has 1 saturated heterocycles. The number of thioether (sulfide) groups is 1. The molecule has 1 unspecified atom stereocenters. The van der Waals surface area contributed by atoms with E-state index in [0.29, 0.717) is 24.5 Å². The van der Waals surface area contributed by atoms with Crippen LogP contribution < -0.4 is 34.7 Å². The van der Waals surface area contributed by atoms with Gasteiger partial charge in [0.1, 0.15) is 17.8 Å². The number of amides is 1. The quantitative estimate of drug-likeness (QED) is 0.316. The van der Waals surface area contributed by atoms with Gasteiger partial charge in [-0.25, -0.2) is 4.98 Å². The minimum absolute atomic E-state index is 0. The molecule has 7 nitrogen and oxygen atoms in total. The molecule has 1 amide bonds. The molecule has 3 aliphatic heterocycles. The van der Waals surface area contributed by atoms with Crippen molar-refractivity contribution in [3.8, 4) is 0 Å². The Balaban J connectivity index is 0.00000144. The van der Waals surface area contributed by atoms with E-state index in [0.717, 1.165) is 12.4 Å². The number of carboxylic acids is 1. The minimum Gasteiger partial charge on any atom is -0.543 e. The Bertz CT molecular complexity index is 703. The molecule has 3 aliphatic rings. The summed E-state index contributed by atoms with van der Waals surface area (Å²) in [6, 6.07) is 0. The second kappa shape index (κ2) is 5.86. The minimum atomic E-state index is -1.33. The van der Waals surface area contributed by atoms with Gasteiger partial charge in [0.05, 0.1) is 29.5 Å². The van der Waals surface area contributed by atoms with Crippen LogP contribution in [0.3, 0.4) is 0 Å². The summed E-state index contributed by atoms with van der Waals surface area (Å²) in [6.45, 7) is 1.88. The maximum Gasteiger partial charge on any atom is 1.00 e. The molecule has 4 heterocycles. The van der Waals surface area contributed by atoms with Gasteiger partial charge in [-0.2, -0.15) is 0 Å². The summed E-state index contributed by atoms with van der Waals surface area (Å²) in [6.07, 6.45) is 3.60. The first kappa shape index (κ1) is 15.8. The van der Waals surface area contributed by atoms with Gasteiger partial charge >= 0.3 is 29.6 Å².